The smallest absolute Gasteiger partial charge is 0.156 e. The Hall–Kier alpha value is -1.11. The van der Waals surface area contributed by atoms with Gasteiger partial charge in [-0.15, -0.1) is 6.58 Å². The lowest BCUT2D eigenvalue weighted by atomic mass is 9.50. The van der Waals surface area contributed by atoms with Gasteiger partial charge in [-0.05, 0) is 78.3 Å². The Kier molecular flexibility index (Phi) is 3.25. The van der Waals surface area contributed by atoms with E-state index in [4.69, 9.17) is 0 Å². The van der Waals surface area contributed by atoms with Crippen molar-refractivity contribution in [2.24, 2.45) is 40.9 Å². The molecule has 4 aliphatic rings. The van der Waals surface area contributed by atoms with E-state index in [2.05, 4.69) is 38.7 Å². The molecule has 1 nitrogen and oxygen atoms in total. The molecule has 0 amide bonds. The van der Waals surface area contributed by atoms with E-state index in [1.165, 1.54) is 24.8 Å². The van der Waals surface area contributed by atoms with Gasteiger partial charge in [0.05, 0.1) is 0 Å². The van der Waals surface area contributed by atoms with E-state index >= 15 is 0 Å². The highest BCUT2D eigenvalue weighted by Crippen LogP contribution is 2.62. The summed E-state index contributed by atoms with van der Waals surface area (Å²) in [5.41, 5.74) is 1.55. The molecule has 118 valence electrons. The highest BCUT2D eigenvalue weighted by molar-refractivity contribution is 5.92. The maximum Gasteiger partial charge on any atom is 0.156 e. The van der Waals surface area contributed by atoms with Crippen LogP contribution >= 0.6 is 0 Å². The molecule has 0 saturated heterocycles. The molecule has 0 N–H and O–H groups in total. The van der Waals surface area contributed by atoms with Crippen molar-refractivity contribution < 1.29 is 4.79 Å². The molecule has 0 aromatic rings. The molecule has 0 bridgehead atoms. The number of carbonyl (C=O) groups is 1. The molecule has 4 unspecified atom stereocenters. The van der Waals surface area contributed by atoms with Crippen LogP contribution in [0.1, 0.15) is 46.0 Å². The summed E-state index contributed by atoms with van der Waals surface area (Å²) in [6.07, 6.45) is 14.7. The predicted octanol–water partition coefficient (Wildman–Crippen LogP) is 4.95. The van der Waals surface area contributed by atoms with Crippen LogP contribution < -0.4 is 0 Å². The van der Waals surface area contributed by atoms with Crippen LogP contribution in [0.3, 0.4) is 0 Å². The maximum atomic E-state index is 11.8. The molecule has 4 rings (SSSR count). The number of allylic oxidation sites excluding steroid dienone is 5. The lowest BCUT2D eigenvalue weighted by Crippen LogP contribution is -2.47. The first-order valence-corrected chi connectivity index (χ1v) is 9.10. The zero-order valence-corrected chi connectivity index (χ0v) is 13.9. The highest BCUT2D eigenvalue weighted by Gasteiger charge is 2.54. The third kappa shape index (κ3) is 1.87. The summed E-state index contributed by atoms with van der Waals surface area (Å²) in [5.74, 6) is 4.97. The van der Waals surface area contributed by atoms with Gasteiger partial charge in [0.1, 0.15) is 0 Å². The van der Waals surface area contributed by atoms with E-state index in [9.17, 15) is 4.79 Å². The fraction of sp³-hybridized carbons (Fsp3) is 0.667. The first-order chi connectivity index (χ1) is 10.5. The van der Waals surface area contributed by atoms with E-state index in [1.807, 2.05) is 6.08 Å². The second-order valence-electron chi connectivity index (χ2n) is 8.46. The Bertz CT molecular complexity index is 568. The standard InChI is InChI=1S/C21H28O/c1-4-14-5-7-18-17-8-6-15-12-16(22)9-10-21(15,3)19(17)11-13(2)20(14)18/h4,6,8,12-14,17-20H,1,5,7,9-11H2,2-3H3/t13-,14+,17?,18?,19?,20?,21+/m1/s1. The molecule has 0 heterocycles. The van der Waals surface area contributed by atoms with Crippen molar-refractivity contribution in [3.8, 4) is 0 Å². The summed E-state index contributed by atoms with van der Waals surface area (Å²) in [4.78, 5) is 11.8. The quantitative estimate of drug-likeness (QED) is 0.626. The Morgan fingerprint density at radius 3 is 2.95 bits per heavy atom. The number of carbonyl (C=O) groups excluding carboxylic acids is 1. The van der Waals surface area contributed by atoms with E-state index < -0.39 is 0 Å². The van der Waals surface area contributed by atoms with Gasteiger partial charge in [-0.2, -0.15) is 0 Å². The monoisotopic (exact) mass is 296 g/mol. The second-order valence-corrected chi connectivity index (χ2v) is 8.46. The van der Waals surface area contributed by atoms with Crippen molar-refractivity contribution in [3.63, 3.8) is 0 Å². The summed E-state index contributed by atoms with van der Waals surface area (Å²) < 4.78 is 0. The fourth-order valence-corrected chi connectivity index (χ4v) is 6.42. The summed E-state index contributed by atoms with van der Waals surface area (Å²) in [5, 5.41) is 0. The molecule has 4 aliphatic carbocycles. The largest absolute Gasteiger partial charge is 0.295 e. The van der Waals surface area contributed by atoms with Crippen LogP contribution in [0.25, 0.3) is 0 Å². The normalized spacial score (nSPS) is 49.9. The van der Waals surface area contributed by atoms with Gasteiger partial charge >= 0.3 is 0 Å². The average Bonchev–Trinajstić information content (AvgIpc) is 2.94. The second kappa shape index (κ2) is 4.94. The Morgan fingerprint density at radius 2 is 2.18 bits per heavy atom. The fourth-order valence-electron chi connectivity index (χ4n) is 6.42. The number of hydrogen-bond acceptors (Lipinski definition) is 1. The van der Waals surface area contributed by atoms with Gasteiger partial charge in [0.2, 0.25) is 0 Å². The predicted molar refractivity (Wildman–Crippen MR) is 90.2 cm³/mol. The van der Waals surface area contributed by atoms with Crippen LogP contribution in [0.5, 0.6) is 0 Å². The minimum atomic E-state index is 0.235. The van der Waals surface area contributed by atoms with Crippen molar-refractivity contribution in [3.05, 3.63) is 36.5 Å². The Balaban J connectivity index is 1.74. The van der Waals surface area contributed by atoms with Crippen molar-refractivity contribution in [2.45, 2.75) is 46.0 Å². The first kappa shape index (κ1) is 14.5. The van der Waals surface area contributed by atoms with Gasteiger partial charge in [0.15, 0.2) is 5.78 Å². The molecule has 1 heteroatoms. The van der Waals surface area contributed by atoms with Gasteiger partial charge in [0, 0.05) is 6.42 Å². The molecule has 7 atom stereocenters. The van der Waals surface area contributed by atoms with Gasteiger partial charge in [-0.25, -0.2) is 0 Å². The van der Waals surface area contributed by atoms with Crippen LogP contribution in [0.2, 0.25) is 0 Å². The average molecular weight is 296 g/mol. The van der Waals surface area contributed by atoms with E-state index in [0.717, 1.165) is 48.3 Å². The third-order valence-corrected chi connectivity index (χ3v) is 7.55. The molecular weight excluding hydrogens is 268 g/mol. The van der Waals surface area contributed by atoms with Crippen molar-refractivity contribution >= 4 is 5.78 Å². The molecule has 0 aromatic heterocycles. The summed E-state index contributed by atoms with van der Waals surface area (Å²) in [7, 11) is 0. The summed E-state index contributed by atoms with van der Waals surface area (Å²) in [6.45, 7) is 8.99. The minimum absolute atomic E-state index is 0.235. The molecule has 0 aliphatic heterocycles. The minimum Gasteiger partial charge on any atom is -0.295 e. The number of ketones is 1. The zero-order valence-electron chi connectivity index (χ0n) is 13.9. The summed E-state index contributed by atoms with van der Waals surface area (Å²) in [6, 6.07) is 0. The number of rotatable bonds is 1. The SMILES string of the molecule is C=C[C@H]1CCC2C3C=CC4=CC(=O)CC[C@]4(C)C3C[C@@H](C)C21. The molecule has 0 radical (unpaired) electrons. The lowest BCUT2D eigenvalue weighted by Gasteiger charge is -2.54. The molecular formula is C21H28O. The molecule has 0 aromatic carbocycles. The van der Waals surface area contributed by atoms with Crippen LogP contribution in [-0.4, -0.2) is 5.78 Å². The zero-order chi connectivity index (χ0) is 15.5. The Labute approximate surface area is 134 Å². The van der Waals surface area contributed by atoms with Crippen molar-refractivity contribution in [1.82, 2.24) is 0 Å². The van der Waals surface area contributed by atoms with Gasteiger partial charge < -0.3 is 0 Å². The van der Waals surface area contributed by atoms with Gasteiger partial charge in [0.25, 0.3) is 0 Å². The molecule has 0 spiro atoms. The Morgan fingerprint density at radius 1 is 1.36 bits per heavy atom. The first-order valence-electron chi connectivity index (χ1n) is 9.10. The third-order valence-electron chi connectivity index (χ3n) is 7.55. The van der Waals surface area contributed by atoms with Gasteiger partial charge in [-0.3, -0.25) is 4.79 Å². The van der Waals surface area contributed by atoms with Crippen LogP contribution in [0.4, 0.5) is 0 Å². The summed E-state index contributed by atoms with van der Waals surface area (Å²) >= 11 is 0. The van der Waals surface area contributed by atoms with Crippen LogP contribution in [-0.2, 0) is 4.79 Å². The molecule has 22 heavy (non-hydrogen) atoms. The van der Waals surface area contributed by atoms with Crippen molar-refractivity contribution in [1.29, 1.82) is 0 Å². The maximum absolute atomic E-state index is 11.8. The number of fused-ring (bicyclic) bond motifs is 5. The van der Waals surface area contributed by atoms with E-state index in [1.54, 1.807) is 0 Å². The molecule has 2 fully saturated rings. The number of hydrogen-bond donors (Lipinski definition) is 0. The van der Waals surface area contributed by atoms with Crippen molar-refractivity contribution in [2.75, 3.05) is 0 Å². The van der Waals surface area contributed by atoms with Crippen LogP contribution in [0.15, 0.2) is 36.5 Å². The molecule has 2 saturated carbocycles. The lowest BCUT2D eigenvalue weighted by molar-refractivity contribution is -0.116. The topological polar surface area (TPSA) is 17.1 Å². The van der Waals surface area contributed by atoms with E-state index in [-0.39, 0.29) is 5.41 Å². The highest BCUT2D eigenvalue weighted by atomic mass is 16.1. The van der Waals surface area contributed by atoms with Crippen LogP contribution in [0, 0.1) is 40.9 Å². The van der Waals surface area contributed by atoms with E-state index in [0.29, 0.717) is 5.78 Å². The van der Waals surface area contributed by atoms with Gasteiger partial charge in [-0.1, -0.05) is 32.1 Å².